The molecule has 1 saturated heterocycles. The molecule has 18 heavy (non-hydrogen) atoms. The lowest BCUT2D eigenvalue weighted by Crippen LogP contribution is -2.51. The Hall–Kier alpha value is -1.63. The highest BCUT2D eigenvalue weighted by atomic mass is 16.4. The van der Waals surface area contributed by atoms with Crippen LogP contribution < -0.4 is 16.4 Å². The minimum absolute atomic E-state index is 0.0120. The van der Waals surface area contributed by atoms with Crippen molar-refractivity contribution in [3.8, 4) is 0 Å². The van der Waals surface area contributed by atoms with E-state index in [0.29, 0.717) is 25.8 Å². The molecule has 1 aliphatic heterocycles. The normalized spacial score (nSPS) is 26.9. The Bertz CT molecular complexity index is 390. The van der Waals surface area contributed by atoms with Crippen molar-refractivity contribution in [2.75, 3.05) is 6.54 Å². The third-order valence-electron chi connectivity index (χ3n) is 3.60. The first kappa shape index (κ1) is 12.8. The Kier molecular flexibility index (Phi) is 3.51. The summed E-state index contributed by atoms with van der Waals surface area (Å²) in [5.74, 6) is -0.251. The maximum Gasteiger partial charge on any atom is 0.243 e. The number of amidine groups is 1. The summed E-state index contributed by atoms with van der Waals surface area (Å²) in [7, 11) is 0. The first-order chi connectivity index (χ1) is 8.54. The van der Waals surface area contributed by atoms with E-state index in [2.05, 4.69) is 15.8 Å². The molecule has 5 N–H and O–H groups in total. The van der Waals surface area contributed by atoms with Crippen molar-refractivity contribution in [2.45, 2.75) is 38.1 Å². The van der Waals surface area contributed by atoms with Crippen LogP contribution in [0.4, 0.5) is 0 Å². The van der Waals surface area contributed by atoms with Crippen LogP contribution in [0.1, 0.15) is 32.1 Å². The van der Waals surface area contributed by atoms with Crippen LogP contribution in [0.25, 0.3) is 0 Å². The van der Waals surface area contributed by atoms with Crippen LogP contribution in [0.3, 0.4) is 0 Å². The molecule has 7 heteroatoms. The first-order valence-corrected chi connectivity index (χ1v) is 6.08. The van der Waals surface area contributed by atoms with E-state index in [1.165, 1.54) is 0 Å². The second-order valence-corrected chi connectivity index (χ2v) is 5.15. The van der Waals surface area contributed by atoms with Crippen molar-refractivity contribution in [3.63, 3.8) is 0 Å². The maximum atomic E-state index is 11.5. The number of rotatable bonds is 5. The predicted octanol–water partition coefficient (Wildman–Crippen LogP) is -0.702. The maximum absolute atomic E-state index is 11.5. The standard InChI is InChI=1S/C11H18N4O3/c12-8(15-18)5-11(3-4-11)6-13-7-1-2-9(16)14-10(7)17/h7,13,18H,1-6H2,(H2,12,15)(H,14,16,17). The molecule has 0 aromatic rings. The average molecular weight is 254 g/mol. The molecule has 2 fully saturated rings. The third-order valence-corrected chi connectivity index (χ3v) is 3.60. The van der Waals surface area contributed by atoms with Crippen LogP contribution >= 0.6 is 0 Å². The van der Waals surface area contributed by atoms with Gasteiger partial charge in [0, 0.05) is 19.4 Å². The number of hydrogen-bond donors (Lipinski definition) is 4. The lowest BCUT2D eigenvalue weighted by atomic mass is 10.00. The van der Waals surface area contributed by atoms with E-state index in [1.54, 1.807) is 0 Å². The highest BCUT2D eigenvalue weighted by molar-refractivity contribution is 6.00. The number of nitrogens with two attached hydrogens (primary N) is 1. The monoisotopic (exact) mass is 254 g/mol. The number of carbonyl (C=O) groups excluding carboxylic acids is 2. The summed E-state index contributed by atoms with van der Waals surface area (Å²) in [6.07, 6.45) is 3.44. The molecule has 1 atom stereocenters. The van der Waals surface area contributed by atoms with E-state index in [1.807, 2.05) is 0 Å². The second kappa shape index (κ2) is 4.93. The topological polar surface area (TPSA) is 117 Å². The Morgan fingerprint density at radius 3 is 2.83 bits per heavy atom. The minimum Gasteiger partial charge on any atom is -0.409 e. The molecule has 2 rings (SSSR count). The van der Waals surface area contributed by atoms with Gasteiger partial charge in [0.25, 0.3) is 0 Å². The van der Waals surface area contributed by atoms with Crippen molar-refractivity contribution in [2.24, 2.45) is 16.3 Å². The van der Waals surface area contributed by atoms with E-state index < -0.39 is 0 Å². The van der Waals surface area contributed by atoms with Crippen molar-refractivity contribution < 1.29 is 14.8 Å². The predicted molar refractivity (Wildman–Crippen MR) is 63.9 cm³/mol. The number of nitrogens with one attached hydrogen (secondary N) is 2. The fraction of sp³-hybridized carbons (Fsp3) is 0.727. The van der Waals surface area contributed by atoms with Gasteiger partial charge in [-0.05, 0) is 24.7 Å². The van der Waals surface area contributed by atoms with Gasteiger partial charge in [0.15, 0.2) is 0 Å². The average Bonchev–Trinajstić information content (AvgIpc) is 3.08. The Morgan fingerprint density at radius 2 is 2.28 bits per heavy atom. The Balaban J connectivity index is 1.81. The molecule has 0 aromatic carbocycles. The number of amides is 2. The summed E-state index contributed by atoms with van der Waals surface area (Å²) in [6, 6.07) is -0.313. The third kappa shape index (κ3) is 2.98. The Morgan fingerprint density at radius 1 is 1.56 bits per heavy atom. The number of imide groups is 1. The molecule has 2 amide bonds. The molecule has 100 valence electrons. The van der Waals surface area contributed by atoms with Crippen LogP contribution in [0.15, 0.2) is 5.16 Å². The van der Waals surface area contributed by atoms with Crippen LogP contribution in [-0.2, 0) is 9.59 Å². The smallest absolute Gasteiger partial charge is 0.243 e. The molecule has 7 nitrogen and oxygen atoms in total. The molecule has 1 unspecified atom stereocenters. The SMILES string of the molecule is NC(CC1(CNC2CCC(=O)NC2=O)CC1)=NO. The Labute approximate surface area is 105 Å². The quantitative estimate of drug-likeness (QED) is 0.170. The number of piperidine rings is 1. The summed E-state index contributed by atoms with van der Waals surface area (Å²) in [5, 5.41) is 17.0. The van der Waals surface area contributed by atoms with Gasteiger partial charge in [0.2, 0.25) is 11.8 Å². The zero-order valence-corrected chi connectivity index (χ0v) is 10.1. The molecule has 1 aliphatic carbocycles. The number of carbonyl (C=O) groups is 2. The van der Waals surface area contributed by atoms with Crippen molar-refractivity contribution >= 4 is 17.6 Å². The minimum atomic E-state index is -0.313. The van der Waals surface area contributed by atoms with Gasteiger partial charge in [0.1, 0.15) is 5.84 Å². The lowest BCUT2D eigenvalue weighted by molar-refractivity contribution is -0.134. The summed E-state index contributed by atoms with van der Waals surface area (Å²) in [5.41, 5.74) is 5.51. The highest BCUT2D eigenvalue weighted by Gasteiger charge is 2.44. The number of nitrogens with zero attached hydrogens (tertiary/aromatic N) is 1. The molecule has 1 saturated carbocycles. The molecule has 0 spiro atoms. The van der Waals surface area contributed by atoms with Crippen molar-refractivity contribution in [1.82, 2.24) is 10.6 Å². The van der Waals surface area contributed by atoms with Crippen LogP contribution in [0.5, 0.6) is 0 Å². The summed E-state index contributed by atoms with van der Waals surface area (Å²) < 4.78 is 0. The van der Waals surface area contributed by atoms with Gasteiger partial charge in [-0.25, -0.2) is 0 Å². The molecular weight excluding hydrogens is 236 g/mol. The summed E-state index contributed by atoms with van der Waals surface area (Å²) >= 11 is 0. The fourth-order valence-electron chi connectivity index (χ4n) is 2.24. The van der Waals surface area contributed by atoms with Gasteiger partial charge < -0.3 is 16.3 Å². The molecule has 0 aromatic heterocycles. The van der Waals surface area contributed by atoms with Gasteiger partial charge in [-0.15, -0.1) is 0 Å². The van der Waals surface area contributed by atoms with E-state index in [9.17, 15) is 9.59 Å². The summed E-state index contributed by atoms with van der Waals surface area (Å²) in [6.45, 7) is 0.648. The summed E-state index contributed by atoms with van der Waals surface area (Å²) in [4.78, 5) is 22.5. The van der Waals surface area contributed by atoms with Gasteiger partial charge in [0.05, 0.1) is 6.04 Å². The molecular formula is C11H18N4O3. The van der Waals surface area contributed by atoms with E-state index in [4.69, 9.17) is 10.9 Å². The zero-order valence-electron chi connectivity index (χ0n) is 10.1. The molecule has 0 radical (unpaired) electrons. The van der Waals surface area contributed by atoms with Gasteiger partial charge in [-0.1, -0.05) is 5.16 Å². The van der Waals surface area contributed by atoms with E-state index in [0.717, 1.165) is 12.8 Å². The van der Waals surface area contributed by atoms with Crippen molar-refractivity contribution in [1.29, 1.82) is 0 Å². The van der Waals surface area contributed by atoms with Crippen LogP contribution in [0, 0.1) is 5.41 Å². The molecule has 2 aliphatic rings. The highest BCUT2D eigenvalue weighted by Crippen LogP contribution is 2.48. The van der Waals surface area contributed by atoms with Crippen LogP contribution in [-0.4, -0.2) is 35.4 Å². The van der Waals surface area contributed by atoms with E-state index in [-0.39, 0.29) is 29.1 Å². The second-order valence-electron chi connectivity index (χ2n) is 5.15. The lowest BCUT2D eigenvalue weighted by Gasteiger charge is -2.24. The molecule has 1 heterocycles. The largest absolute Gasteiger partial charge is 0.409 e. The van der Waals surface area contributed by atoms with Gasteiger partial charge in [-0.2, -0.15) is 0 Å². The van der Waals surface area contributed by atoms with Crippen LogP contribution in [0.2, 0.25) is 0 Å². The first-order valence-electron chi connectivity index (χ1n) is 6.08. The van der Waals surface area contributed by atoms with Gasteiger partial charge in [-0.3, -0.25) is 14.9 Å². The number of hydrogen-bond acceptors (Lipinski definition) is 5. The molecule has 0 bridgehead atoms. The van der Waals surface area contributed by atoms with Gasteiger partial charge >= 0.3 is 0 Å². The zero-order chi connectivity index (χ0) is 13.2. The number of oxime groups is 1. The van der Waals surface area contributed by atoms with Crippen molar-refractivity contribution in [3.05, 3.63) is 0 Å². The van der Waals surface area contributed by atoms with E-state index >= 15 is 0 Å². The fourth-order valence-corrected chi connectivity index (χ4v) is 2.24.